The number of nitrogens with zero attached hydrogens (tertiary/aromatic N) is 2. The first-order valence-electron chi connectivity index (χ1n) is 14.5. The van der Waals surface area contributed by atoms with Gasteiger partial charge in [-0.15, -0.1) is 0 Å². The second-order valence-electron chi connectivity index (χ2n) is 11.2. The highest BCUT2D eigenvalue weighted by Crippen LogP contribution is 2.32. The predicted octanol–water partition coefficient (Wildman–Crippen LogP) is 3.82. The van der Waals surface area contributed by atoms with Gasteiger partial charge in [-0.25, -0.2) is 0 Å². The second kappa shape index (κ2) is 11.8. The number of hydrogen-bond donors (Lipinski definition) is 2. The predicted molar refractivity (Wildman–Crippen MR) is 155 cm³/mol. The van der Waals surface area contributed by atoms with Gasteiger partial charge in [0.15, 0.2) is 0 Å². The molecule has 6 rings (SSSR count). The van der Waals surface area contributed by atoms with Gasteiger partial charge >= 0.3 is 0 Å². The van der Waals surface area contributed by atoms with Crippen molar-refractivity contribution in [3.05, 3.63) is 101 Å². The molecule has 3 heterocycles. The Balaban J connectivity index is 1.19. The molecule has 2 N–H and O–H groups in total. The number of likely N-dealkylation sites (tertiary alicyclic amines) is 1. The summed E-state index contributed by atoms with van der Waals surface area (Å²) in [6.45, 7) is 5.06. The second-order valence-corrected chi connectivity index (χ2v) is 11.2. The first-order chi connectivity index (χ1) is 20.0. The first kappa shape index (κ1) is 27.2. The van der Waals surface area contributed by atoms with Gasteiger partial charge in [-0.3, -0.25) is 24.6 Å². The van der Waals surface area contributed by atoms with Gasteiger partial charge in [0, 0.05) is 50.2 Å². The molecule has 3 aromatic carbocycles. The molecule has 0 aliphatic carbocycles. The van der Waals surface area contributed by atoms with Crippen LogP contribution in [0.5, 0.6) is 5.75 Å². The molecule has 3 aromatic rings. The Hall–Kier alpha value is -4.01. The maximum Gasteiger partial charge on any atom is 0.255 e. The van der Waals surface area contributed by atoms with Crippen LogP contribution in [-0.2, 0) is 22.7 Å². The lowest BCUT2D eigenvalue weighted by molar-refractivity contribution is -0.136. The fourth-order valence-corrected chi connectivity index (χ4v) is 6.23. The number of amides is 3. The van der Waals surface area contributed by atoms with Crippen molar-refractivity contribution in [3.63, 3.8) is 0 Å². The van der Waals surface area contributed by atoms with E-state index in [0.717, 1.165) is 31.6 Å². The van der Waals surface area contributed by atoms with Crippen molar-refractivity contribution in [1.82, 2.24) is 20.4 Å². The lowest BCUT2D eigenvalue weighted by Gasteiger charge is -2.41. The van der Waals surface area contributed by atoms with E-state index in [1.807, 2.05) is 24.3 Å². The van der Waals surface area contributed by atoms with Gasteiger partial charge in [0.05, 0.1) is 0 Å². The van der Waals surface area contributed by atoms with Crippen molar-refractivity contribution >= 4 is 17.7 Å². The Labute approximate surface area is 240 Å². The maximum atomic E-state index is 13.2. The minimum absolute atomic E-state index is 0.0972. The minimum atomic E-state index is -0.630. The molecule has 0 radical (unpaired) electrons. The van der Waals surface area contributed by atoms with Crippen LogP contribution in [0.3, 0.4) is 0 Å². The molecule has 41 heavy (non-hydrogen) atoms. The van der Waals surface area contributed by atoms with Crippen LogP contribution in [0.4, 0.5) is 0 Å². The number of ether oxygens (including phenoxy) is 1. The summed E-state index contributed by atoms with van der Waals surface area (Å²) in [6.07, 6.45) is 1.43. The molecule has 8 heteroatoms. The van der Waals surface area contributed by atoms with E-state index in [-0.39, 0.29) is 36.4 Å². The fourth-order valence-electron chi connectivity index (χ4n) is 6.23. The molecule has 3 unspecified atom stereocenters. The molecule has 8 nitrogen and oxygen atoms in total. The molecule has 0 saturated carbocycles. The van der Waals surface area contributed by atoms with Crippen LogP contribution in [0.1, 0.15) is 59.3 Å². The Morgan fingerprint density at radius 3 is 2.49 bits per heavy atom. The lowest BCUT2D eigenvalue weighted by Crippen LogP contribution is -2.55. The number of benzene rings is 3. The zero-order valence-electron chi connectivity index (χ0n) is 23.3. The van der Waals surface area contributed by atoms with Gasteiger partial charge in [-0.05, 0) is 54.7 Å². The third-order valence-electron chi connectivity index (χ3n) is 8.61. The number of nitrogens with one attached hydrogen (secondary N) is 2. The number of hydrogen-bond acceptors (Lipinski definition) is 6. The molecular weight excluding hydrogens is 516 g/mol. The van der Waals surface area contributed by atoms with E-state index in [1.54, 1.807) is 11.0 Å². The average molecular weight is 553 g/mol. The van der Waals surface area contributed by atoms with Gasteiger partial charge in [-0.2, -0.15) is 0 Å². The van der Waals surface area contributed by atoms with E-state index in [2.05, 4.69) is 71.0 Å². The SMILES string of the molecule is C[C@@H](c1ccccc1)N1CCC(NCc2ccccc2)C(Oc2ccc3c(c2)CN(C2CCC(=O)NC2=O)C3=O)C1. The monoisotopic (exact) mass is 552 g/mol. The summed E-state index contributed by atoms with van der Waals surface area (Å²) in [5.74, 6) is -0.151. The molecule has 0 bridgehead atoms. The fraction of sp³-hybridized carbons (Fsp3) is 0.364. The van der Waals surface area contributed by atoms with Gasteiger partial charge < -0.3 is 15.0 Å². The van der Waals surface area contributed by atoms with Crippen molar-refractivity contribution in [3.8, 4) is 5.75 Å². The zero-order valence-corrected chi connectivity index (χ0v) is 23.3. The minimum Gasteiger partial charge on any atom is -0.487 e. The summed E-state index contributed by atoms with van der Waals surface area (Å²) >= 11 is 0. The molecule has 3 amide bonds. The standard InChI is InChI=1S/C33H36N4O4/c1-22(24-10-6-3-7-11-24)36-17-16-28(34-19-23-8-4-2-5-9-23)30(21-36)41-26-12-13-27-25(18-26)20-37(33(27)40)29-14-15-31(38)35-32(29)39/h2-13,18,22,28-30,34H,14-17,19-21H2,1H3,(H,35,38,39)/t22-,28?,29?,30?/m0/s1. The van der Waals surface area contributed by atoms with Crippen molar-refractivity contribution < 1.29 is 19.1 Å². The molecule has 3 aliphatic rings. The normalized spacial score (nSPS) is 23.7. The van der Waals surface area contributed by atoms with Crippen LogP contribution in [0.2, 0.25) is 0 Å². The number of rotatable bonds is 8. The van der Waals surface area contributed by atoms with Gasteiger partial charge in [-0.1, -0.05) is 60.7 Å². The van der Waals surface area contributed by atoms with Crippen molar-refractivity contribution in [2.75, 3.05) is 13.1 Å². The Morgan fingerprint density at radius 2 is 1.73 bits per heavy atom. The lowest BCUT2D eigenvalue weighted by atomic mass is 9.97. The average Bonchev–Trinajstić information content (AvgIpc) is 3.32. The van der Waals surface area contributed by atoms with E-state index < -0.39 is 11.9 Å². The van der Waals surface area contributed by atoms with Crippen LogP contribution in [0.15, 0.2) is 78.9 Å². The molecule has 2 fully saturated rings. The summed E-state index contributed by atoms with van der Waals surface area (Å²) in [5, 5.41) is 6.10. The zero-order chi connectivity index (χ0) is 28.3. The summed E-state index contributed by atoms with van der Waals surface area (Å²) in [5.41, 5.74) is 3.95. The first-order valence-corrected chi connectivity index (χ1v) is 14.5. The highest BCUT2D eigenvalue weighted by atomic mass is 16.5. The maximum absolute atomic E-state index is 13.2. The van der Waals surface area contributed by atoms with Crippen molar-refractivity contribution in [1.29, 1.82) is 0 Å². The Morgan fingerprint density at radius 1 is 0.976 bits per heavy atom. The Kier molecular flexibility index (Phi) is 7.85. The molecule has 0 aromatic heterocycles. The number of carbonyl (C=O) groups is 3. The highest BCUT2D eigenvalue weighted by Gasteiger charge is 2.39. The molecular formula is C33H36N4O4. The smallest absolute Gasteiger partial charge is 0.255 e. The van der Waals surface area contributed by atoms with Crippen LogP contribution >= 0.6 is 0 Å². The van der Waals surface area contributed by atoms with Gasteiger partial charge in [0.2, 0.25) is 11.8 Å². The molecule has 4 atom stereocenters. The topological polar surface area (TPSA) is 91.0 Å². The Bertz CT molecular complexity index is 1410. The molecule has 2 saturated heterocycles. The third kappa shape index (κ3) is 5.89. The van der Waals surface area contributed by atoms with Crippen LogP contribution in [-0.4, -0.2) is 58.8 Å². The van der Waals surface area contributed by atoms with Crippen molar-refractivity contribution in [2.45, 2.75) is 63.5 Å². The number of carbonyl (C=O) groups excluding carboxylic acids is 3. The summed E-state index contributed by atoms with van der Waals surface area (Å²) < 4.78 is 6.69. The largest absolute Gasteiger partial charge is 0.487 e. The summed E-state index contributed by atoms with van der Waals surface area (Å²) in [7, 11) is 0. The van der Waals surface area contributed by atoms with E-state index in [4.69, 9.17) is 4.74 Å². The van der Waals surface area contributed by atoms with Gasteiger partial charge in [0.25, 0.3) is 5.91 Å². The number of fused-ring (bicyclic) bond motifs is 1. The van der Waals surface area contributed by atoms with Crippen LogP contribution < -0.4 is 15.4 Å². The van der Waals surface area contributed by atoms with Crippen LogP contribution in [0, 0.1) is 0 Å². The van der Waals surface area contributed by atoms with Crippen LogP contribution in [0.25, 0.3) is 0 Å². The number of piperidine rings is 2. The summed E-state index contributed by atoms with van der Waals surface area (Å²) in [4.78, 5) is 41.3. The van der Waals surface area contributed by atoms with E-state index >= 15 is 0 Å². The van der Waals surface area contributed by atoms with E-state index in [1.165, 1.54) is 11.1 Å². The molecule has 0 spiro atoms. The van der Waals surface area contributed by atoms with Crippen molar-refractivity contribution in [2.24, 2.45) is 0 Å². The summed E-state index contributed by atoms with van der Waals surface area (Å²) in [6, 6.07) is 26.3. The molecule has 3 aliphatic heterocycles. The van der Waals surface area contributed by atoms with Gasteiger partial charge in [0.1, 0.15) is 17.9 Å². The quantitative estimate of drug-likeness (QED) is 0.413. The number of imide groups is 1. The van der Waals surface area contributed by atoms with E-state index in [0.29, 0.717) is 24.3 Å². The third-order valence-corrected chi connectivity index (χ3v) is 8.61. The highest BCUT2D eigenvalue weighted by molar-refractivity contribution is 6.05. The van der Waals surface area contributed by atoms with E-state index in [9.17, 15) is 14.4 Å². The molecule has 212 valence electrons.